The van der Waals surface area contributed by atoms with Crippen LogP contribution in [-0.4, -0.2) is 37.5 Å². The summed E-state index contributed by atoms with van der Waals surface area (Å²) in [6.07, 6.45) is 3.84. The van der Waals surface area contributed by atoms with E-state index in [2.05, 4.69) is 5.32 Å². The molecule has 150 valence electrons. The van der Waals surface area contributed by atoms with Gasteiger partial charge in [-0.3, -0.25) is 4.79 Å². The molecule has 0 aromatic heterocycles. The van der Waals surface area contributed by atoms with E-state index in [0.29, 0.717) is 18.8 Å². The zero-order chi connectivity index (χ0) is 20.0. The van der Waals surface area contributed by atoms with Crippen LogP contribution in [0, 0.1) is 5.82 Å². The van der Waals surface area contributed by atoms with Crippen LogP contribution in [0.2, 0.25) is 0 Å². The van der Waals surface area contributed by atoms with Gasteiger partial charge in [0, 0.05) is 23.7 Å². The van der Waals surface area contributed by atoms with Crippen LogP contribution in [0.4, 0.5) is 10.1 Å². The largest absolute Gasteiger partial charge is 0.325 e. The first-order valence-corrected chi connectivity index (χ1v) is 11.7. The monoisotopic (exact) mass is 422 g/mol. The minimum Gasteiger partial charge on any atom is -0.325 e. The summed E-state index contributed by atoms with van der Waals surface area (Å²) in [6.45, 7) is 1.07. The van der Waals surface area contributed by atoms with Crippen molar-refractivity contribution >= 4 is 33.4 Å². The maximum Gasteiger partial charge on any atom is 0.243 e. The lowest BCUT2D eigenvalue weighted by Crippen LogP contribution is -2.32. The number of sulfonamides is 1. The quantitative estimate of drug-likeness (QED) is 0.711. The minimum absolute atomic E-state index is 0.148. The van der Waals surface area contributed by atoms with Gasteiger partial charge in [0.15, 0.2) is 0 Å². The van der Waals surface area contributed by atoms with Crippen LogP contribution in [0.5, 0.6) is 0 Å². The zero-order valence-corrected chi connectivity index (χ0v) is 17.1. The van der Waals surface area contributed by atoms with Crippen molar-refractivity contribution in [1.29, 1.82) is 0 Å². The van der Waals surface area contributed by atoms with E-state index < -0.39 is 10.0 Å². The lowest BCUT2D eigenvalue weighted by molar-refractivity contribution is -0.113. The van der Waals surface area contributed by atoms with Gasteiger partial charge < -0.3 is 5.32 Å². The van der Waals surface area contributed by atoms with E-state index in [0.717, 1.165) is 30.6 Å². The molecule has 8 heteroatoms. The summed E-state index contributed by atoms with van der Waals surface area (Å²) in [5, 5.41) is 2.73. The number of hydrogen-bond donors (Lipinski definition) is 1. The van der Waals surface area contributed by atoms with E-state index in [4.69, 9.17) is 0 Å². The Balaban J connectivity index is 1.63. The van der Waals surface area contributed by atoms with E-state index in [-0.39, 0.29) is 22.4 Å². The summed E-state index contributed by atoms with van der Waals surface area (Å²) in [5.74, 6) is -0.427. The molecule has 0 radical (unpaired) electrons. The Morgan fingerprint density at radius 3 is 2.39 bits per heavy atom. The Kier molecular flexibility index (Phi) is 7.09. The summed E-state index contributed by atoms with van der Waals surface area (Å²) >= 11 is 1.29. The van der Waals surface area contributed by atoms with Crippen molar-refractivity contribution in [2.75, 3.05) is 24.2 Å². The molecule has 0 aliphatic carbocycles. The number of nitrogens with zero attached hydrogens (tertiary/aromatic N) is 1. The number of nitrogens with one attached hydrogen (secondary N) is 1. The van der Waals surface area contributed by atoms with Crippen LogP contribution in [0.1, 0.15) is 25.7 Å². The molecule has 1 heterocycles. The molecular formula is C20H23FN2O3S2. The van der Waals surface area contributed by atoms with Gasteiger partial charge >= 0.3 is 0 Å². The van der Waals surface area contributed by atoms with E-state index in [1.54, 1.807) is 30.3 Å². The predicted octanol–water partition coefficient (Wildman–Crippen LogP) is 4.12. The minimum atomic E-state index is -3.56. The van der Waals surface area contributed by atoms with Gasteiger partial charge in [0.1, 0.15) is 5.82 Å². The van der Waals surface area contributed by atoms with Crippen molar-refractivity contribution in [2.24, 2.45) is 0 Å². The molecule has 0 saturated carbocycles. The van der Waals surface area contributed by atoms with Crippen LogP contribution in [0.25, 0.3) is 0 Å². The number of thioether (sulfide) groups is 1. The van der Waals surface area contributed by atoms with Gasteiger partial charge in [0.25, 0.3) is 0 Å². The number of benzene rings is 2. The van der Waals surface area contributed by atoms with E-state index in [1.807, 2.05) is 0 Å². The fourth-order valence-electron chi connectivity index (χ4n) is 3.04. The molecule has 1 amide bonds. The number of amides is 1. The highest BCUT2D eigenvalue weighted by molar-refractivity contribution is 8.00. The molecule has 3 rings (SSSR count). The number of carbonyl (C=O) groups excluding carboxylic acids is 1. The van der Waals surface area contributed by atoms with E-state index in [1.165, 1.54) is 34.3 Å². The molecule has 1 aliphatic heterocycles. The van der Waals surface area contributed by atoms with Gasteiger partial charge in [-0.15, -0.1) is 11.8 Å². The average Bonchev–Trinajstić information content (AvgIpc) is 2.98. The zero-order valence-electron chi connectivity index (χ0n) is 15.4. The molecule has 2 aromatic carbocycles. The van der Waals surface area contributed by atoms with Gasteiger partial charge in [-0.1, -0.05) is 18.9 Å². The van der Waals surface area contributed by atoms with Gasteiger partial charge in [-0.2, -0.15) is 4.31 Å². The number of anilines is 1. The Hall–Kier alpha value is -1.90. The highest BCUT2D eigenvalue weighted by atomic mass is 32.2. The third-order valence-electron chi connectivity index (χ3n) is 4.50. The molecule has 0 spiro atoms. The molecule has 1 saturated heterocycles. The van der Waals surface area contributed by atoms with Crippen molar-refractivity contribution < 1.29 is 17.6 Å². The maximum atomic E-state index is 12.9. The van der Waals surface area contributed by atoms with E-state index in [9.17, 15) is 17.6 Å². The number of halogens is 1. The van der Waals surface area contributed by atoms with Crippen molar-refractivity contribution in [1.82, 2.24) is 4.31 Å². The molecule has 2 aromatic rings. The van der Waals surface area contributed by atoms with Crippen molar-refractivity contribution in [3.8, 4) is 0 Å². The van der Waals surface area contributed by atoms with Crippen molar-refractivity contribution in [2.45, 2.75) is 35.5 Å². The highest BCUT2D eigenvalue weighted by Crippen LogP contribution is 2.23. The van der Waals surface area contributed by atoms with Gasteiger partial charge in [-0.05, 0) is 55.3 Å². The first-order valence-electron chi connectivity index (χ1n) is 9.23. The Morgan fingerprint density at radius 2 is 1.71 bits per heavy atom. The Labute approximate surface area is 169 Å². The predicted molar refractivity (Wildman–Crippen MR) is 109 cm³/mol. The second kappa shape index (κ2) is 9.54. The van der Waals surface area contributed by atoms with E-state index >= 15 is 0 Å². The lowest BCUT2D eigenvalue weighted by Gasteiger charge is -2.20. The second-order valence-corrected chi connectivity index (χ2v) is 9.62. The summed E-state index contributed by atoms with van der Waals surface area (Å²) in [4.78, 5) is 13.2. The molecule has 0 atom stereocenters. The first-order chi connectivity index (χ1) is 13.4. The van der Waals surface area contributed by atoms with Gasteiger partial charge in [0.2, 0.25) is 15.9 Å². The van der Waals surface area contributed by atoms with Gasteiger partial charge in [-0.25, -0.2) is 12.8 Å². The smallest absolute Gasteiger partial charge is 0.243 e. The molecule has 1 N–H and O–H groups in total. The summed E-state index contributed by atoms with van der Waals surface area (Å²) in [7, 11) is -3.56. The van der Waals surface area contributed by atoms with Crippen LogP contribution in [0.15, 0.2) is 58.3 Å². The molecule has 1 fully saturated rings. The molecule has 5 nitrogen and oxygen atoms in total. The third-order valence-corrected chi connectivity index (χ3v) is 7.41. The van der Waals surface area contributed by atoms with Crippen molar-refractivity contribution in [3.05, 3.63) is 54.3 Å². The van der Waals surface area contributed by atoms with Crippen LogP contribution in [-0.2, 0) is 14.8 Å². The lowest BCUT2D eigenvalue weighted by atomic mass is 10.2. The number of rotatable bonds is 6. The summed E-state index contributed by atoms with van der Waals surface area (Å²) in [6, 6.07) is 12.3. The molecule has 0 unspecified atom stereocenters. The SMILES string of the molecule is O=C(CSc1ccc(F)cc1)Nc1cccc(S(=O)(=O)N2CCCCCC2)c1. The Bertz CT molecular complexity index is 909. The molecule has 1 aliphatic rings. The van der Waals surface area contributed by atoms with Crippen LogP contribution in [0.3, 0.4) is 0 Å². The van der Waals surface area contributed by atoms with Gasteiger partial charge in [0.05, 0.1) is 10.6 Å². The number of hydrogen-bond acceptors (Lipinski definition) is 4. The second-order valence-electron chi connectivity index (χ2n) is 6.64. The molecular weight excluding hydrogens is 399 g/mol. The fraction of sp³-hybridized carbons (Fsp3) is 0.350. The summed E-state index contributed by atoms with van der Waals surface area (Å²) in [5.41, 5.74) is 0.445. The van der Waals surface area contributed by atoms with Crippen LogP contribution < -0.4 is 5.32 Å². The van der Waals surface area contributed by atoms with Crippen molar-refractivity contribution in [3.63, 3.8) is 0 Å². The standard InChI is InChI=1S/C20H23FN2O3S2/c21-16-8-10-18(11-9-16)27-15-20(24)22-17-6-5-7-19(14-17)28(25,26)23-12-3-1-2-4-13-23/h5-11,14H,1-4,12-13,15H2,(H,22,24). The first kappa shape index (κ1) is 20.8. The Morgan fingerprint density at radius 1 is 1.04 bits per heavy atom. The normalized spacial score (nSPS) is 15.8. The number of carbonyl (C=O) groups is 1. The molecule has 0 bridgehead atoms. The maximum absolute atomic E-state index is 12.9. The third kappa shape index (κ3) is 5.56. The van der Waals surface area contributed by atoms with Crippen LogP contribution >= 0.6 is 11.8 Å². The fourth-order valence-corrected chi connectivity index (χ4v) is 5.30. The highest BCUT2D eigenvalue weighted by Gasteiger charge is 2.25. The topological polar surface area (TPSA) is 66.5 Å². The average molecular weight is 423 g/mol. The molecule has 28 heavy (non-hydrogen) atoms. The summed E-state index contributed by atoms with van der Waals surface area (Å²) < 4.78 is 40.2.